The summed E-state index contributed by atoms with van der Waals surface area (Å²) in [4.78, 5) is 17.0. The van der Waals surface area contributed by atoms with Crippen molar-refractivity contribution in [1.82, 2.24) is 10.3 Å². The van der Waals surface area contributed by atoms with Gasteiger partial charge in [0.2, 0.25) is 6.41 Å². The second kappa shape index (κ2) is 10.4. The van der Waals surface area contributed by atoms with E-state index in [1.165, 1.54) is 11.8 Å². The molecule has 0 atom stereocenters. The third-order valence-corrected chi connectivity index (χ3v) is 4.87. The Bertz CT molecular complexity index is 918. The molecule has 1 aromatic carbocycles. The number of anilines is 3. The van der Waals surface area contributed by atoms with Crippen molar-refractivity contribution in [3.63, 3.8) is 0 Å². The number of pyridine rings is 1. The molecule has 1 fully saturated rings. The van der Waals surface area contributed by atoms with E-state index in [1.807, 2.05) is 12.1 Å². The van der Waals surface area contributed by atoms with Gasteiger partial charge in [0.15, 0.2) is 0 Å². The van der Waals surface area contributed by atoms with Crippen molar-refractivity contribution >= 4 is 29.7 Å². The average molecular weight is 410 g/mol. The van der Waals surface area contributed by atoms with Crippen molar-refractivity contribution in [2.75, 3.05) is 41.7 Å². The van der Waals surface area contributed by atoms with Gasteiger partial charge in [0, 0.05) is 42.8 Å². The molecule has 158 valence electrons. The highest BCUT2D eigenvalue weighted by Gasteiger charge is 2.09. The summed E-state index contributed by atoms with van der Waals surface area (Å²) in [7, 11) is 0. The van der Waals surface area contributed by atoms with Crippen LogP contribution in [0.15, 0.2) is 54.0 Å². The molecule has 2 aromatic rings. The van der Waals surface area contributed by atoms with Crippen molar-refractivity contribution in [1.29, 1.82) is 0 Å². The predicted molar refractivity (Wildman–Crippen MR) is 120 cm³/mol. The van der Waals surface area contributed by atoms with Gasteiger partial charge in [-0.05, 0) is 61.9 Å². The molecule has 0 radical (unpaired) electrons. The number of nitrogens with one attached hydrogen (secondary N) is 3. The maximum Gasteiger partial charge on any atom is 0.212 e. The van der Waals surface area contributed by atoms with Crippen LogP contribution in [-0.2, 0) is 4.79 Å². The first-order valence-corrected chi connectivity index (χ1v) is 9.89. The number of nitrogens with two attached hydrogens (primary N) is 1. The minimum Gasteiger partial charge on any atom is -0.397 e. The smallest absolute Gasteiger partial charge is 0.212 e. The highest BCUT2D eigenvalue weighted by atomic mass is 19.1. The Balaban J connectivity index is 1.67. The number of carbonyl (C=O) groups is 1. The molecule has 1 aromatic heterocycles. The van der Waals surface area contributed by atoms with E-state index in [4.69, 9.17) is 5.73 Å². The Kier molecular flexibility index (Phi) is 7.40. The maximum atomic E-state index is 13.5. The van der Waals surface area contributed by atoms with Crippen molar-refractivity contribution in [3.05, 3.63) is 65.4 Å². The van der Waals surface area contributed by atoms with Gasteiger partial charge < -0.3 is 26.6 Å². The zero-order chi connectivity index (χ0) is 21.3. The third kappa shape index (κ3) is 5.81. The molecule has 7 nitrogen and oxygen atoms in total. The highest BCUT2D eigenvalue weighted by molar-refractivity contribution is 5.77. The number of allylic oxidation sites excluding steroid dienone is 1. The lowest BCUT2D eigenvalue weighted by Crippen LogP contribution is -2.27. The van der Waals surface area contributed by atoms with Crippen molar-refractivity contribution in [2.45, 2.75) is 13.3 Å². The molecular weight excluding hydrogens is 383 g/mol. The Morgan fingerprint density at radius 2 is 2.03 bits per heavy atom. The van der Waals surface area contributed by atoms with Crippen LogP contribution in [-0.4, -0.2) is 37.6 Å². The second-order valence-corrected chi connectivity index (χ2v) is 7.06. The molecule has 2 heterocycles. The topological polar surface area (TPSA) is 95.3 Å². The fraction of sp³-hybridized carbons (Fsp3) is 0.273. The number of nitrogens with zero attached hydrogens (tertiary/aromatic N) is 2. The van der Waals surface area contributed by atoms with E-state index in [0.29, 0.717) is 23.2 Å². The molecule has 1 aliphatic rings. The first kappa shape index (κ1) is 21.3. The Morgan fingerprint density at radius 3 is 2.80 bits per heavy atom. The van der Waals surface area contributed by atoms with Crippen LogP contribution in [0.25, 0.3) is 6.08 Å². The number of halogens is 1. The Hall–Kier alpha value is -3.39. The molecule has 1 amide bonds. The van der Waals surface area contributed by atoms with Gasteiger partial charge in [-0.15, -0.1) is 0 Å². The lowest BCUT2D eigenvalue weighted by molar-refractivity contribution is -0.105. The van der Waals surface area contributed by atoms with E-state index in [9.17, 15) is 9.18 Å². The van der Waals surface area contributed by atoms with Crippen molar-refractivity contribution < 1.29 is 9.18 Å². The van der Waals surface area contributed by atoms with Crippen LogP contribution >= 0.6 is 0 Å². The number of benzene rings is 1. The van der Waals surface area contributed by atoms with E-state index < -0.39 is 5.82 Å². The summed E-state index contributed by atoms with van der Waals surface area (Å²) < 4.78 is 13.5. The van der Waals surface area contributed by atoms with Crippen LogP contribution < -0.4 is 26.6 Å². The van der Waals surface area contributed by atoms with Crippen LogP contribution in [0.5, 0.6) is 0 Å². The molecule has 5 N–H and O–H groups in total. The summed E-state index contributed by atoms with van der Waals surface area (Å²) in [5, 5.41) is 9.05. The number of hydrogen-bond donors (Lipinski definition) is 4. The van der Waals surface area contributed by atoms with E-state index in [1.54, 1.807) is 19.2 Å². The van der Waals surface area contributed by atoms with Crippen LogP contribution in [0.1, 0.15) is 18.9 Å². The molecular formula is C22H27FN6O. The quantitative estimate of drug-likeness (QED) is 0.414. The SMILES string of the molecule is CC(=C\c1cc(F)cnc1NC=O)/C(N)=C/Nc1ccc(N2CCCNCC2)cc1. The molecule has 1 saturated heterocycles. The monoisotopic (exact) mass is 410 g/mol. The number of carbonyl (C=O) groups excluding carboxylic acids is 1. The van der Waals surface area contributed by atoms with Gasteiger partial charge in [0.1, 0.15) is 11.6 Å². The Morgan fingerprint density at radius 1 is 1.23 bits per heavy atom. The minimum absolute atomic E-state index is 0.269. The molecule has 0 saturated carbocycles. The van der Waals surface area contributed by atoms with Gasteiger partial charge in [-0.3, -0.25) is 4.79 Å². The molecule has 8 heteroatoms. The van der Waals surface area contributed by atoms with E-state index in [-0.39, 0.29) is 5.82 Å². The first-order chi connectivity index (χ1) is 14.6. The summed E-state index contributed by atoms with van der Waals surface area (Å²) in [5.74, 6) is -0.225. The normalized spacial score (nSPS) is 15.5. The van der Waals surface area contributed by atoms with Gasteiger partial charge in [-0.25, -0.2) is 9.37 Å². The third-order valence-electron chi connectivity index (χ3n) is 4.87. The van der Waals surface area contributed by atoms with Gasteiger partial charge >= 0.3 is 0 Å². The predicted octanol–water partition coefficient (Wildman–Crippen LogP) is 2.90. The van der Waals surface area contributed by atoms with Gasteiger partial charge in [-0.1, -0.05) is 0 Å². The maximum absolute atomic E-state index is 13.5. The lowest BCUT2D eigenvalue weighted by Gasteiger charge is -2.22. The van der Waals surface area contributed by atoms with E-state index in [0.717, 1.165) is 44.5 Å². The Labute approximate surface area is 175 Å². The fourth-order valence-electron chi connectivity index (χ4n) is 3.21. The number of hydrogen-bond acceptors (Lipinski definition) is 6. The zero-order valence-electron chi connectivity index (χ0n) is 17.0. The van der Waals surface area contributed by atoms with E-state index >= 15 is 0 Å². The highest BCUT2D eigenvalue weighted by Crippen LogP contribution is 2.21. The van der Waals surface area contributed by atoms with Gasteiger partial charge in [-0.2, -0.15) is 0 Å². The van der Waals surface area contributed by atoms with E-state index in [2.05, 4.69) is 38.0 Å². The second-order valence-electron chi connectivity index (χ2n) is 7.06. The zero-order valence-corrected chi connectivity index (χ0v) is 17.0. The molecule has 1 aliphatic heterocycles. The summed E-state index contributed by atoms with van der Waals surface area (Å²) >= 11 is 0. The summed E-state index contributed by atoms with van der Waals surface area (Å²) in [6.45, 7) is 5.91. The van der Waals surface area contributed by atoms with Gasteiger partial charge in [0.25, 0.3) is 0 Å². The number of aromatic nitrogens is 1. The van der Waals surface area contributed by atoms with Crippen LogP contribution in [0.2, 0.25) is 0 Å². The fourth-order valence-corrected chi connectivity index (χ4v) is 3.21. The van der Waals surface area contributed by atoms with Crippen molar-refractivity contribution in [2.24, 2.45) is 5.73 Å². The van der Waals surface area contributed by atoms with Gasteiger partial charge in [0.05, 0.1) is 11.9 Å². The molecule has 30 heavy (non-hydrogen) atoms. The molecule has 3 rings (SSSR count). The molecule has 0 bridgehead atoms. The largest absolute Gasteiger partial charge is 0.397 e. The minimum atomic E-state index is -0.494. The van der Waals surface area contributed by atoms with Crippen LogP contribution in [0, 0.1) is 5.82 Å². The summed E-state index contributed by atoms with van der Waals surface area (Å²) in [6.07, 6.45) is 6.04. The molecule has 0 unspecified atom stereocenters. The number of amides is 1. The lowest BCUT2D eigenvalue weighted by atomic mass is 10.1. The van der Waals surface area contributed by atoms with Crippen LogP contribution in [0.3, 0.4) is 0 Å². The standard InChI is InChI=1S/C22H27FN6O/c1-16(11-17-12-18(23)13-27-22(17)28-15-30)21(24)14-26-19-3-5-20(6-4-19)29-9-2-7-25-8-10-29/h3-6,11-15,25-26H,2,7-10,24H2,1H3,(H,27,28,30)/b16-11+,21-14-. The number of rotatable bonds is 7. The molecule has 0 aliphatic carbocycles. The first-order valence-electron chi connectivity index (χ1n) is 9.89. The molecule has 0 spiro atoms. The average Bonchev–Trinajstić information content (AvgIpc) is 3.04. The van der Waals surface area contributed by atoms with Crippen molar-refractivity contribution in [3.8, 4) is 0 Å². The summed E-state index contributed by atoms with van der Waals surface area (Å²) in [6, 6.07) is 9.50. The van der Waals surface area contributed by atoms with Crippen LogP contribution in [0.4, 0.5) is 21.6 Å². The summed E-state index contributed by atoms with van der Waals surface area (Å²) in [5.41, 5.74) is 9.89.